The second-order valence-corrected chi connectivity index (χ2v) is 7.72. The first-order valence-electron chi connectivity index (χ1n) is 10.7. The highest BCUT2D eigenvalue weighted by molar-refractivity contribution is 6.22. The van der Waals surface area contributed by atoms with Gasteiger partial charge in [-0.15, -0.1) is 0 Å². The summed E-state index contributed by atoms with van der Waals surface area (Å²) in [6.07, 6.45) is 0. The monoisotopic (exact) mass is 475 g/mol. The van der Waals surface area contributed by atoms with Crippen molar-refractivity contribution in [3.8, 4) is 0 Å². The molecule has 178 valence electrons. The largest absolute Gasteiger partial charge is 0.462 e. The molecule has 0 unspecified atom stereocenters. The van der Waals surface area contributed by atoms with Crippen LogP contribution >= 0.6 is 0 Å². The maximum atomic E-state index is 12.9. The summed E-state index contributed by atoms with van der Waals surface area (Å²) in [6, 6.07) is 13.1. The van der Waals surface area contributed by atoms with Crippen molar-refractivity contribution < 1.29 is 33.1 Å². The molecular weight excluding hydrogens is 454 g/mol. The van der Waals surface area contributed by atoms with Gasteiger partial charge in [0.05, 0.1) is 24.3 Å². The van der Waals surface area contributed by atoms with Crippen molar-refractivity contribution in [1.82, 2.24) is 4.90 Å². The van der Waals surface area contributed by atoms with E-state index in [0.717, 1.165) is 10.5 Å². The predicted molar refractivity (Wildman–Crippen MR) is 123 cm³/mol. The molecule has 10 nitrogen and oxygen atoms in total. The molecule has 2 aromatic carbocycles. The van der Waals surface area contributed by atoms with E-state index in [0.29, 0.717) is 0 Å². The van der Waals surface area contributed by atoms with Gasteiger partial charge in [-0.05, 0) is 37.6 Å². The van der Waals surface area contributed by atoms with E-state index in [-0.39, 0.29) is 52.6 Å². The van der Waals surface area contributed by atoms with Crippen molar-refractivity contribution >= 4 is 35.5 Å². The molecule has 1 aliphatic heterocycles. The Labute approximate surface area is 199 Å². The number of imide groups is 1. The van der Waals surface area contributed by atoms with E-state index in [4.69, 9.17) is 14.9 Å². The normalized spacial score (nSPS) is 12.5. The first kappa shape index (κ1) is 23.4. The van der Waals surface area contributed by atoms with Gasteiger partial charge in [-0.25, -0.2) is 4.79 Å². The van der Waals surface area contributed by atoms with Crippen molar-refractivity contribution in [2.45, 2.75) is 20.4 Å². The Kier molecular flexibility index (Phi) is 6.20. The minimum absolute atomic E-state index is 0.0358. The molecule has 4 rings (SSSR count). The lowest BCUT2D eigenvalue weighted by Gasteiger charge is -2.13. The fourth-order valence-corrected chi connectivity index (χ4v) is 3.83. The lowest BCUT2D eigenvalue weighted by Crippen LogP contribution is -2.29. The topological polar surface area (TPSA) is 149 Å². The predicted octanol–water partition coefficient (Wildman–Crippen LogP) is 2.91. The Bertz CT molecular complexity index is 1380. The van der Waals surface area contributed by atoms with Gasteiger partial charge in [0.1, 0.15) is 16.9 Å². The van der Waals surface area contributed by atoms with Crippen LogP contribution in [0.2, 0.25) is 0 Å². The van der Waals surface area contributed by atoms with E-state index < -0.39 is 29.6 Å². The van der Waals surface area contributed by atoms with Gasteiger partial charge in [-0.1, -0.05) is 30.3 Å². The van der Waals surface area contributed by atoms with Crippen LogP contribution in [0.4, 0.5) is 5.88 Å². The number of anilines is 1. The number of nitrogens with one attached hydrogen (secondary N) is 1. The Hall–Kier alpha value is -4.73. The molecule has 0 atom stereocenters. The van der Waals surface area contributed by atoms with Gasteiger partial charge in [0.2, 0.25) is 5.88 Å². The maximum Gasteiger partial charge on any atom is 0.342 e. The minimum atomic E-state index is -0.994. The molecule has 0 radical (unpaired) electrons. The van der Waals surface area contributed by atoms with Crippen LogP contribution in [0.3, 0.4) is 0 Å². The van der Waals surface area contributed by atoms with Crippen LogP contribution in [0.1, 0.15) is 70.0 Å². The zero-order valence-corrected chi connectivity index (χ0v) is 18.9. The highest BCUT2D eigenvalue weighted by atomic mass is 16.5. The standard InChI is InChI=1S/C25H21N3O7/c1-3-34-25(33)18-13(2)35-22(19(18)20(26)29)27-21(30)15-9-10-16-17(11-15)24(32)28(23(16)31)12-14-7-5-4-6-8-14/h4-11H,3,12H2,1-2H3,(H2,26,29)(H,27,30). The molecule has 35 heavy (non-hydrogen) atoms. The molecule has 0 saturated carbocycles. The minimum Gasteiger partial charge on any atom is -0.462 e. The summed E-state index contributed by atoms with van der Waals surface area (Å²) in [4.78, 5) is 63.9. The van der Waals surface area contributed by atoms with Crippen molar-refractivity contribution in [2.24, 2.45) is 5.73 Å². The number of fused-ring (bicyclic) bond motifs is 1. The number of hydrogen-bond donors (Lipinski definition) is 2. The van der Waals surface area contributed by atoms with Gasteiger partial charge in [0, 0.05) is 5.56 Å². The third kappa shape index (κ3) is 4.29. The number of ether oxygens (including phenoxy) is 1. The highest BCUT2D eigenvalue weighted by Gasteiger charge is 2.36. The van der Waals surface area contributed by atoms with Crippen LogP contribution in [0.5, 0.6) is 0 Å². The van der Waals surface area contributed by atoms with E-state index in [1.165, 1.54) is 25.1 Å². The molecule has 1 aromatic heterocycles. The smallest absolute Gasteiger partial charge is 0.342 e. The molecule has 0 saturated heterocycles. The molecule has 0 aliphatic carbocycles. The Balaban J connectivity index is 1.60. The number of carbonyl (C=O) groups is 5. The van der Waals surface area contributed by atoms with Crippen molar-refractivity contribution in [3.63, 3.8) is 0 Å². The van der Waals surface area contributed by atoms with Gasteiger partial charge < -0.3 is 14.9 Å². The van der Waals surface area contributed by atoms with Gasteiger partial charge in [0.15, 0.2) is 0 Å². The van der Waals surface area contributed by atoms with E-state index in [2.05, 4.69) is 5.32 Å². The number of carbonyl (C=O) groups excluding carboxylic acids is 5. The maximum absolute atomic E-state index is 12.9. The average molecular weight is 475 g/mol. The summed E-state index contributed by atoms with van der Waals surface area (Å²) in [5, 5.41) is 2.41. The zero-order chi connectivity index (χ0) is 25.3. The molecule has 2 heterocycles. The Morgan fingerprint density at radius 3 is 2.34 bits per heavy atom. The summed E-state index contributed by atoms with van der Waals surface area (Å²) in [7, 11) is 0. The van der Waals surface area contributed by atoms with Crippen LogP contribution in [-0.4, -0.2) is 41.1 Å². The fraction of sp³-hybridized carbons (Fsp3) is 0.160. The van der Waals surface area contributed by atoms with Crippen LogP contribution in [0.15, 0.2) is 52.9 Å². The molecule has 3 aromatic rings. The van der Waals surface area contributed by atoms with Gasteiger partial charge in [-0.2, -0.15) is 0 Å². The number of hydrogen-bond acceptors (Lipinski definition) is 7. The molecule has 0 spiro atoms. The molecule has 0 bridgehead atoms. The lowest BCUT2D eigenvalue weighted by molar-refractivity contribution is 0.0520. The van der Waals surface area contributed by atoms with Gasteiger partial charge >= 0.3 is 5.97 Å². The van der Waals surface area contributed by atoms with E-state index in [9.17, 15) is 24.0 Å². The van der Waals surface area contributed by atoms with Gasteiger partial charge in [0.25, 0.3) is 23.6 Å². The molecule has 10 heteroatoms. The number of furan rings is 1. The number of esters is 1. The van der Waals surface area contributed by atoms with Crippen LogP contribution in [0, 0.1) is 6.92 Å². The van der Waals surface area contributed by atoms with Crippen molar-refractivity contribution in [1.29, 1.82) is 0 Å². The summed E-state index contributed by atoms with van der Waals surface area (Å²) in [5.74, 6) is -3.82. The fourth-order valence-electron chi connectivity index (χ4n) is 3.83. The first-order valence-corrected chi connectivity index (χ1v) is 10.7. The molecule has 1 aliphatic rings. The summed E-state index contributed by atoms with van der Waals surface area (Å²) in [5.41, 5.74) is 5.99. The van der Waals surface area contributed by atoms with E-state index in [1.807, 2.05) is 6.07 Å². The molecular formula is C25H21N3O7. The summed E-state index contributed by atoms with van der Waals surface area (Å²) < 4.78 is 10.4. The van der Waals surface area contributed by atoms with E-state index >= 15 is 0 Å². The van der Waals surface area contributed by atoms with Crippen molar-refractivity contribution in [2.75, 3.05) is 11.9 Å². The third-order valence-corrected chi connectivity index (χ3v) is 5.45. The highest BCUT2D eigenvalue weighted by Crippen LogP contribution is 2.29. The number of amides is 4. The van der Waals surface area contributed by atoms with Crippen molar-refractivity contribution in [3.05, 3.63) is 87.7 Å². The Morgan fingerprint density at radius 2 is 1.69 bits per heavy atom. The number of rotatable bonds is 7. The molecule has 3 N–H and O–H groups in total. The van der Waals surface area contributed by atoms with E-state index in [1.54, 1.807) is 31.2 Å². The summed E-state index contributed by atoms with van der Waals surface area (Å²) >= 11 is 0. The lowest BCUT2D eigenvalue weighted by atomic mass is 10.1. The number of aryl methyl sites for hydroxylation is 1. The van der Waals surface area contributed by atoms with Crippen LogP contribution < -0.4 is 11.1 Å². The van der Waals surface area contributed by atoms with Gasteiger partial charge in [-0.3, -0.25) is 29.4 Å². The van der Waals surface area contributed by atoms with Crippen LogP contribution in [-0.2, 0) is 11.3 Å². The number of nitrogens with two attached hydrogens (primary N) is 1. The molecule has 0 fully saturated rings. The zero-order valence-electron chi connectivity index (χ0n) is 18.9. The number of benzene rings is 2. The third-order valence-electron chi connectivity index (χ3n) is 5.45. The second-order valence-electron chi connectivity index (χ2n) is 7.72. The number of primary amides is 1. The quantitative estimate of drug-likeness (QED) is 0.394. The Morgan fingerprint density at radius 1 is 1.00 bits per heavy atom. The first-order chi connectivity index (χ1) is 16.7. The summed E-state index contributed by atoms with van der Waals surface area (Å²) in [6.45, 7) is 3.18. The molecule has 4 amide bonds. The second kappa shape index (κ2) is 9.26. The van der Waals surface area contributed by atoms with Crippen LogP contribution in [0.25, 0.3) is 0 Å². The number of nitrogens with zero attached hydrogens (tertiary/aromatic N) is 1. The average Bonchev–Trinajstić information content (AvgIpc) is 3.28. The SMILES string of the molecule is CCOC(=O)c1c(C)oc(NC(=O)c2ccc3c(c2)C(=O)N(Cc2ccccc2)C3=O)c1C(N)=O.